The Morgan fingerprint density at radius 3 is 2.79 bits per heavy atom. The molecular formula is C19H31ClN6O3. The highest BCUT2D eigenvalue weighted by Gasteiger charge is 2.18. The lowest BCUT2D eigenvalue weighted by atomic mass is 10.1. The maximum atomic E-state index is 12.5. The average Bonchev–Trinajstić information content (AvgIpc) is 2.71. The molecule has 0 aliphatic heterocycles. The van der Waals surface area contributed by atoms with Crippen LogP contribution in [0.15, 0.2) is 28.5 Å². The van der Waals surface area contributed by atoms with Gasteiger partial charge >= 0.3 is 0 Å². The van der Waals surface area contributed by atoms with E-state index in [1.807, 2.05) is 0 Å². The number of amides is 1. The monoisotopic (exact) mass is 426 g/mol. The van der Waals surface area contributed by atoms with Crippen LogP contribution in [0.3, 0.4) is 0 Å². The van der Waals surface area contributed by atoms with Crippen molar-refractivity contribution in [3.63, 3.8) is 0 Å². The number of carbonyl (C=O) groups excluding carboxylic acids is 1. The highest BCUT2D eigenvalue weighted by atomic mass is 35.5. The number of hydrazone groups is 1. The first-order chi connectivity index (χ1) is 14.0. The number of hydrogen-bond acceptors (Lipinski definition) is 7. The molecule has 1 rings (SSSR count). The number of nitrogens with two attached hydrogens (primary N) is 2. The molecule has 0 fully saturated rings. The van der Waals surface area contributed by atoms with Gasteiger partial charge in [0.15, 0.2) is 0 Å². The second-order valence-corrected chi connectivity index (χ2v) is 6.85. The second-order valence-electron chi connectivity index (χ2n) is 6.45. The summed E-state index contributed by atoms with van der Waals surface area (Å²) in [7, 11) is 0. The van der Waals surface area contributed by atoms with Gasteiger partial charge in [-0.1, -0.05) is 42.6 Å². The molecule has 7 N–H and O–H groups in total. The van der Waals surface area contributed by atoms with E-state index in [0.717, 1.165) is 25.7 Å². The molecule has 0 aliphatic carbocycles. The third-order valence-electron chi connectivity index (χ3n) is 4.11. The summed E-state index contributed by atoms with van der Waals surface area (Å²) >= 11 is 6.23. The van der Waals surface area contributed by atoms with Gasteiger partial charge in [0, 0.05) is 6.42 Å². The quantitative estimate of drug-likeness (QED) is 0.0584. The SMILES string of the molecule is CCCCCC(NC=NN)NC(=O)C(Cc1ccc(OCCCN)c(Cl)c1)=NO. The maximum Gasteiger partial charge on any atom is 0.271 e. The normalized spacial score (nSPS) is 12.7. The van der Waals surface area contributed by atoms with Crippen molar-refractivity contribution in [2.24, 2.45) is 21.8 Å². The van der Waals surface area contributed by atoms with Crippen LogP contribution in [-0.4, -0.2) is 42.5 Å². The number of hydrogen-bond donors (Lipinski definition) is 5. The summed E-state index contributed by atoms with van der Waals surface area (Å²) in [6, 6.07) is 5.16. The summed E-state index contributed by atoms with van der Waals surface area (Å²) in [4.78, 5) is 12.5. The molecule has 10 heteroatoms. The second kappa shape index (κ2) is 14.5. The van der Waals surface area contributed by atoms with Crippen LogP contribution in [0.25, 0.3) is 0 Å². The van der Waals surface area contributed by atoms with Crippen LogP contribution in [0.2, 0.25) is 5.02 Å². The third-order valence-corrected chi connectivity index (χ3v) is 4.40. The van der Waals surface area contributed by atoms with Crippen molar-refractivity contribution < 1.29 is 14.7 Å². The molecule has 0 bridgehead atoms. The molecule has 0 heterocycles. The Morgan fingerprint density at radius 1 is 1.38 bits per heavy atom. The summed E-state index contributed by atoms with van der Waals surface area (Å²) in [5.41, 5.74) is 6.12. The van der Waals surface area contributed by atoms with Crippen LogP contribution >= 0.6 is 11.6 Å². The Labute approximate surface area is 176 Å². The number of halogens is 1. The summed E-state index contributed by atoms with van der Waals surface area (Å²) in [5.74, 6) is 5.16. The van der Waals surface area contributed by atoms with E-state index in [0.29, 0.717) is 35.9 Å². The summed E-state index contributed by atoms with van der Waals surface area (Å²) in [6.07, 6.45) is 5.47. The molecule has 1 atom stereocenters. The van der Waals surface area contributed by atoms with Gasteiger partial charge in [-0.2, -0.15) is 5.10 Å². The van der Waals surface area contributed by atoms with Crippen LogP contribution < -0.4 is 26.9 Å². The number of unbranched alkanes of at least 4 members (excludes halogenated alkanes) is 2. The summed E-state index contributed by atoms with van der Waals surface area (Å²) in [5, 5.41) is 22.0. The number of nitrogens with one attached hydrogen (secondary N) is 2. The van der Waals surface area contributed by atoms with E-state index in [1.165, 1.54) is 6.34 Å². The first-order valence-corrected chi connectivity index (χ1v) is 10.0. The highest BCUT2D eigenvalue weighted by molar-refractivity contribution is 6.39. The van der Waals surface area contributed by atoms with E-state index >= 15 is 0 Å². The molecule has 0 aromatic heterocycles. The first kappa shape index (κ1) is 24.5. The minimum atomic E-state index is -0.494. The van der Waals surface area contributed by atoms with Gasteiger partial charge in [-0.15, -0.1) is 0 Å². The molecule has 1 aromatic carbocycles. The molecular weight excluding hydrogens is 396 g/mol. The first-order valence-electron chi connectivity index (χ1n) is 9.66. The molecule has 0 aliphatic rings. The molecule has 1 aromatic rings. The van der Waals surface area contributed by atoms with Crippen LogP contribution in [0.1, 0.15) is 44.6 Å². The Kier molecular flexibility index (Phi) is 12.2. The van der Waals surface area contributed by atoms with E-state index in [2.05, 4.69) is 27.8 Å². The number of nitrogens with zero attached hydrogens (tertiary/aromatic N) is 2. The molecule has 0 saturated heterocycles. The van der Waals surface area contributed by atoms with Gasteiger partial charge in [0.05, 0.1) is 17.8 Å². The van der Waals surface area contributed by atoms with Gasteiger partial charge in [0.2, 0.25) is 0 Å². The molecule has 9 nitrogen and oxygen atoms in total. The molecule has 1 unspecified atom stereocenters. The van der Waals surface area contributed by atoms with Crippen LogP contribution in [0, 0.1) is 0 Å². The van der Waals surface area contributed by atoms with Crippen LogP contribution in [0.4, 0.5) is 0 Å². The number of carbonyl (C=O) groups is 1. The molecule has 0 spiro atoms. The predicted molar refractivity (Wildman–Crippen MR) is 115 cm³/mol. The number of rotatable bonds is 14. The minimum Gasteiger partial charge on any atom is -0.492 e. The standard InChI is InChI=1S/C19H31ClN6O3/c1-2-3-4-6-18(23-13-24-22)25-19(27)16(26-28)12-14-7-8-17(15(20)11-14)29-10-5-9-21/h7-8,11,13,18,28H,2-6,9-10,12,21-22H2,1H3,(H,23,24)(H,25,27). The summed E-state index contributed by atoms with van der Waals surface area (Å²) in [6.45, 7) is 3.10. The zero-order chi connectivity index (χ0) is 21.5. The van der Waals surface area contributed by atoms with Gasteiger partial charge in [-0.3, -0.25) is 4.79 Å². The van der Waals surface area contributed by atoms with E-state index in [1.54, 1.807) is 18.2 Å². The number of benzene rings is 1. The smallest absolute Gasteiger partial charge is 0.271 e. The Bertz CT molecular complexity index is 684. The van der Waals surface area contributed by atoms with Crippen LogP contribution in [0.5, 0.6) is 5.75 Å². The minimum absolute atomic E-state index is 0.0372. The largest absolute Gasteiger partial charge is 0.492 e. The molecule has 1 amide bonds. The Balaban J connectivity index is 2.72. The van der Waals surface area contributed by atoms with Crippen molar-refractivity contribution in [2.75, 3.05) is 13.2 Å². The third kappa shape index (κ3) is 9.49. The van der Waals surface area contributed by atoms with Gasteiger partial charge < -0.3 is 32.2 Å². The fraction of sp³-hybridized carbons (Fsp3) is 0.526. The van der Waals surface area contributed by atoms with E-state index in [-0.39, 0.29) is 18.3 Å². The highest BCUT2D eigenvalue weighted by Crippen LogP contribution is 2.26. The fourth-order valence-corrected chi connectivity index (χ4v) is 2.82. The molecule has 29 heavy (non-hydrogen) atoms. The van der Waals surface area contributed by atoms with Gasteiger partial charge in [-0.25, -0.2) is 0 Å². The zero-order valence-corrected chi connectivity index (χ0v) is 17.5. The van der Waals surface area contributed by atoms with E-state index in [4.69, 9.17) is 27.9 Å². The Morgan fingerprint density at radius 2 is 2.17 bits per heavy atom. The van der Waals surface area contributed by atoms with Gasteiger partial charge in [0.25, 0.3) is 5.91 Å². The maximum absolute atomic E-state index is 12.5. The van der Waals surface area contributed by atoms with Crippen molar-refractivity contribution in [3.05, 3.63) is 28.8 Å². The predicted octanol–water partition coefficient (Wildman–Crippen LogP) is 1.95. The van der Waals surface area contributed by atoms with Gasteiger partial charge in [0.1, 0.15) is 17.8 Å². The molecule has 0 saturated carbocycles. The molecule has 0 radical (unpaired) electrons. The zero-order valence-electron chi connectivity index (χ0n) is 16.7. The lowest BCUT2D eigenvalue weighted by molar-refractivity contribution is -0.115. The summed E-state index contributed by atoms with van der Waals surface area (Å²) < 4.78 is 5.55. The average molecular weight is 427 g/mol. The fourth-order valence-electron chi connectivity index (χ4n) is 2.56. The van der Waals surface area contributed by atoms with Crippen molar-refractivity contribution >= 4 is 29.6 Å². The lowest BCUT2D eigenvalue weighted by Gasteiger charge is -2.19. The number of oxime groups is 1. The van der Waals surface area contributed by atoms with Crippen molar-refractivity contribution in [1.82, 2.24) is 10.6 Å². The Hall–Kier alpha value is -2.52. The number of ether oxygens (including phenoxy) is 1. The van der Waals surface area contributed by atoms with Gasteiger partial charge in [-0.05, 0) is 43.5 Å². The van der Waals surface area contributed by atoms with E-state index < -0.39 is 5.91 Å². The van der Waals surface area contributed by atoms with Crippen molar-refractivity contribution in [2.45, 2.75) is 51.6 Å². The van der Waals surface area contributed by atoms with Crippen LogP contribution in [-0.2, 0) is 11.2 Å². The topological polar surface area (TPSA) is 147 Å². The van der Waals surface area contributed by atoms with Crippen molar-refractivity contribution in [3.8, 4) is 5.75 Å². The molecule has 162 valence electrons. The van der Waals surface area contributed by atoms with Crippen molar-refractivity contribution in [1.29, 1.82) is 0 Å². The van der Waals surface area contributed by atoms with E-state index in [9.17, 15) is 10.0 Å². The lowest BCUT2D eigenvalue weighted by Crippen LogP contribution is -2.47.